The van der Waals surface area contributed by atoms with Crippen molar-refractivity contribution in [3.8, 4) is 0 Å². The molecule has 0 N–H and O–H groups in total. The van der Waals surface area contributed by atoms with E-state index < -0.39 is 21.1 Å². The van der Waals surface area contributed by atoms with E-state index in [0.29, 0.717) is 17.3 Å². The van der Waals surface area contributed by atoms with Gasteiger partial charge in [-0.05, 0) is 65.2 Å². The topological polar surface area (TPSA) is 80.5 Å². The Morgan fingerprint density at radius 3 is 1.88 bits per heavy atom. The third kappa shape index (κ3) is 2.76. The Morgan fingerprint density at radius 2 is 1.38 bits per heavy atom. The summed E-state index contributed by atoms with van der Waals surface area (Å²) < 4.78 is 26.7. The first kappa shape index (κ1) is 17.0. The minimum atomic E-state index is -4.20. The van der Waals surface area contributed by atoms with Crippen LogP contribution in [0.15, 0.2) is 59.5 Å². The summed E-state index contributed by atoms with van der Waals surface area (Å²) in [5.74, 6) is -0.0694. The van der Waals surface area contributed by atoms with E-state index in [9.17, 15) is 18.5 Å². The number of benzene rings is 2. The summed E-state index contributed by atoms with van der Waals surface area (Å²) in [6, 6.07) is 15.1. The fraction of sp³-hybridized carbons (Fsp3) is 0.368. The Morgan fingerprint density at radius 1 is 0.885 bits per heavy atom. The second kappa shape index (κ2) is 6.39. The van der Waals surface area contributed by atoms with E-state index >= 15 is 0 Å². The van der Waals surface area contributed by atoms with Crippen molar-refractivity contribution >= 4 is 10.0 Å². The summed E-state index contributed by atoms with van der Waals surface area (Å²) in [6.07, 6.45) is 3.01. The monoisotopic (exact) mass is 372 g/mol. The molecule has 2 unspecified atom stereocenters. The predicted octanol–water partition coefficient (Wildman–Crippen LogP) is 3.06. The zero-order valence-electron chi connectivity index (χ0n) is 14.2. The molecule has 0 saturated heterocycles. The normalized spacial score (nSPS) is 24.5. The van der Waals surface area contributed by atoms with Gasteiger partial charge in [-0.25, -0.2) is 10.1 Å². The van der Waals surface area contributed by atoms with Crippen LogP contribution in [0.2, 0.25) is 0 Å². The molecular formula is C19H20N2O4S. The Balaban J connectivity index is 1.76. The van der Waals surface area contributed by atoms with Crippen LogP contribution in [0.3, 0.4) is 0 Å². The number of fused-ring (bicyclic) bond motifs is 3. The molecular weight excluding hydrogens is 352 g/mol. The van der Waals surface area contributed by atoms with Gasteiger partial charge < -0.3 is 0 Å². The molecule has 1 saturated carbocycles. The highest BCUT2D eigenvalue weighted by atomic mass is 32.2. The van der Waals surface area contributed by atoms with Crippen molar-refractivity contribution in [2.45, 2.75) is 36.6 Å². The molecule has 6 nitrogen and oxygen atoms in total. The van der Waals surface area contributed by atoms with Gasteiger partial charge in [0.25, 0.3) is 0 Å². The molecule has 0 spiro atoms. The molecule has 136 valence electrons. The predicted molar refractivity (Wildman–Crippen MR) is 96.3 cm³/mol. The van der Waals surface area contributed by atoms with Crippen molar-refractivity contribution < 1.29 is 13.5 Å². The van der Waals surface area contributed by atoms with Gasteiger partial charge in [-0.3, -0.25) is 0 Å². The van der Waals surface area contributed by atoms with E-state index in [1.807, 2.05) is 12.1 Å². The van der Waals surface area contributed by atoms with Crippen molar-refractivity contribution in [2.75, 3.05) is 0 Å². The fourth-order valence-corrected chi connectivity index (χ4v) is 6.10. The summed E-state index contributed by atoms with van der Waals surface area (Å²) in [4.78, 5) is 11.8. The van der Waals surface area contributed by atoms with Gasteiger partial charge >= 0.3 is 10.0 Å². The van der Waals surface area contributed by atoms with Crippen LogP contribution in [-0.4, -0.2) is 23.9 Å². The first-order valence-corrected chi connectivity index (χ1v) is 10.2. The molecule has 1 fully saturated rings. The lowest BCUT2D eigenvalue weighted by Gasteiger charge is -2.27. The van der Waals surface area contributed by atoms with E-state index in [0.717, 1.165) is 12.8 Å². The summed E-state index contributed by atoms with van der Waals surface area (Å²) in [7, 11) is -4.20. The summed E-state index contributed by atoms with van der Waals surface area (Å²) in [5.41, 5.74) is 2.37. The standard InChI is InChI=1S/C19H20N2O4S/c22-21(23)20(26(24,25)18-8-2-1-3-9-18)19-16-10-11-17(19)13-15-7-5-4-6-14(15)12-16/h1-9,16-17,19H,10-13H2. The largest absolute Gasteiger partial charge is 0.313 e. The number of nitro groups is 1. The van der Waals surface area contributed by atoms with E-state index in [-0.39, 0.29) is 16.7 Å². The van der Waals surface area contributed by atoms with Gasteiger partial charge in [0.15, 0.2) is 5.03 Å². The first-order chi connectivity index (χ1) is 12.5. The summed E-state index contributed by atoms with van der Waals surface area (Å²) >= 11 is 0. The van der Waals surface area contributed by atoms with Crippen LogP contribution in [0, 0.1) is 22.0 Å². The lowest BCUT2D eigenvalue weighted by Crippen LogP contribution is -2.49. The van der Waals surface area contributed by atoms with Gasteiger partial charge in [0, 0.05) is 0 Å². The Bertz CT molecular complexity index is 897. The van der Waals surface area contributed by atoms with Gasteiger partial charge in [-0.15, -0.1) is 0 Å². The van der Waals surface area contributed by atoms with Crippen LogP contribution in [0.1, 0.15) is 24.0 Å². The number of rotatable bonds is 4. The van der Waals surface area contributed by atoms with Crippen LogP contribution in [0.4, 0.5) is 0 Å². The molecule has 26 heavy (non-hydrogen) atoms. The zero-order chi connectivity index (χ0) is 18.3. The maximum Gasteiger partial charge on any atom is 0.313 e. The average Bonchev–Trinajstić information content (AvgIpc) is 2.90. The van der Waals surface area contributed by atoms with Crippen molar-refractivity contribution in [1.29, 1.82) is 0 Å². The highest BCUT2D eigenvalue weighted by Gasteiger charge is 2.51. The molecule has 2 aromatic carbocycles. The molecule has 0 aromatic heterocycles. The van der Waals surface area contributed by atoms with Crippen LogP contribution in [0.5, 0.6) is 0 Å². The molecule has 0 aliphatic heterocycles. The van der Waals surface area contributed by atoms with Crippen LogP contribution in [0.25, 0.3) is 0 Å². The first-order valence-electron chi connectivity index (χ1n) is 8.79. The zero-order valence-corrected chi connectivity index (χ0v) is 15.0. The number of hydrazine groups is 1. The second-order valence-corrected chi connectivity index (χ2v) is 8.89. The van der Waals surface area contributed by atoms with Gasteiger partial charge in [-0.1, -0.05) is 42.5 Å². The van der Waals surface area contributed by atoms with Gasteiger partial charge in [-0.2, -0.15) is 8.42 Å². The molecule has 7 heteroatoms. The second-order valence-electron chi connectivity index (χ2n) is 7.09. The Hall–Kier alpha value is -2.41. The molecule has 4 rings (SSSR count). The van der Waals surface area contributed by atoms with E-state index in [1.54, 1.807) is 18.2 Å². The van der Waals surface area contributed by atoms with Crippen molar-refractivity contribution in [3.63, 3.8) is 0 Å². The minimum absolute atomic E-state index is 0.0298. The molecule has 2 bridgehead atoms. The molecule has 2 aliphatic rings. The smallest absolute Gasteiger partial charge is 0.234 e. The third-order valence-electron chi connectivity index (χ3n) is 5.66. The van der Waals surface area contributed by atoms with Gasteiger partial charge in [0.1, 0.15) is 6.04 Å². The minimum Gasteiger partial charge on any atom is -0.234 e. The van der Waals surface area contributed by atoms with Crippen molar-refractivity contribution in [3.05, 3.63) is 75.8 Å². The lowest BCUT2D eigenvalue weighted by molar-refractivity contribution is -0.631. The molecule has 2 aliphatic carbocycles. The fourth-order valence-electron chi connectivity index (χ4n) is 4.54. The van der Waals surface area contributed by atoms with Crippen LogP contribution >= 0.6 is 0 Å². The molecule has 0 radical (unpaired) electrons. The molecule has 2 aromatic rings. The maximum absolute atomic E-state index is 13.1. The number of sulfonamides is 1. The number of hydrogen-bond donors (Lipinski definition) is 0. The maximum atomic E-state index is 13.1. The SMILES string of the molecule is O=[N+]([O-])N(C1C2CCC1Cc1ccccc1C2)S(=O)(=O)c1ccccc1. The van der Waals surface area contributed by atoms with E-state index in [2.05, 4.69) is 12.1 Å². The summed E-state index contributed by atoms with van der Waals surface area (Å²) in [6.45, 7) is 0. The highest BCUT2D eigenvalue weighted by Crippen LogP contribution is 2.44. The van der Waals surface area contributed by atoms with Crippen molar-refractivity contribution in [2.24, 2.45) is 11.8 Å². The Kier molecular flexibility index (Phi) is 4.19. The van der Waals surface area contributed by atoms with Gasteiger partial charge in [0.2, 0.25) is 0 Å². The average molecular weight is 372 g/mol. The van der Waals surface area contributed by atoms with Crippen LogP contribution < -0.4 is 0 Å². The molecule has 2 atom stereocenters. The van der Waals surface area contributed by atoms with Gasteiger partial charge in [0.05, 0.1) is 4.90 Å². The lowest BCUT2D eigenvalue weighted by atomic mass is 9.94. The third-order valence-corrected chi connectivity index (χ3v) is 7.40. The molecule has 0 amide bonds. The van der Waals surface area contributed by atoms with E-state index in [1.165, 1.54) is 23.3 Å². The quantitative estimate of drug-likeness (QED) is 0.610. The number of hydrogen-bond acceptors (Lipinski definition) is 4. The summed E-state index contributed by atoms with van der Waals surface area (Å²) in [5, 5.41) is 11.1. The van der Waals surface area contributed by atoms with Crippen LogP contribution in [-0.2, 0) is 22.9 Å². The number of nitrogens with zero attached hydrogens (tertiary/aromatic N) is 2. The highest BCUT2D eigenvalue weighted by molar-refractivity contribution is 7.89. The van der Waals surface area contributed by atoms with Crippen molar-refractivity contribution in [1.82, 2.24) is 4.41 Å². The van der Waals surface area contributed by atoms with E-state index in [4.69, 9.17) is 0 Å². The molecule has 0 heterocycles. The Labute approximate surface area is 152 Å².